The number of unbranched alkanes of at least 4 members (excludes halogenated alkanes) is 1. The zero-order chi connectivity index (χ0) is 9.23. The van der Waals surface area contributed by atoms with Gasteiger partial charge in [-0.15, -0.1) is 0 Å². The van der Waals surface area contributed by atoms with Gasteiger partial charge in [0.25, 0.3) is 0 Å². The molecule has 0 radical (unpaired) electrons. The van der Waals surface area contributed by atoms with Crippen LogP contribution in [0, 0.1) is 0 Å². The molecule has 0 aromatic heterocycles. The van der Waals surface area contributed by atoms with Crippen molar-refractivity contribution in [2.24, 2.45) is 0 Å². The highest BCUT2D eigenvalue weighted by Crippen LogP contribution is 1.83. The second-order valence-electron chi connectivity index (χ2n) is 2.38. The number of aliphatic carboxylic acids is 1. The molecule has 0 spiro atoms. The minimum Gasteiger partial charge on any atom is -0.478 e. The fraction of sp³-hybridized carbons (Fsp3) is 0.625. The van der Waals surface area contributed by atoms with Gasteiger partial charge in [0.1, 0.15) is 0 Å². The minimum atomic E-state index is -0.924. The lowest BCUT2D eigenvalue weighted by atomic mass is 10.3. The largest absolute Gasteiger partial charge is 0.478 e. The molecule has 0 amide bonds. The predicted octanol–water partition coefficient (Wildman–Crippen LogP) is -0.0107. The van der Waals surface area contributed by atoms with Crippen LogP contribution in [0.2, 0.25) is 0 Å². The number of nitrogens with one attached hydrogen (secondary N) is 1. The molecule has 0 rings (SSSR count). The van der Waals surface area contributed by atoms with E-state index in [4.69, 9.17) is 10.2 Å². The van der Waals surface area contributed by atoms with Crippen molar-refractivity contribution in [3.8, 4) is 0 Å². The van der Waals surface area contributed by atoms with Gasteiger partial charge < -0.3 is 15.5 Å². The molecule has 0 aliphatic rings. The van der Waals surface area contributed by atoms with Crippen molar-refractivity contribution < 1.29 is 15.0 Å². The summed E-state index contributed by atoms with van der Waals surface area (Å²) in [6.07, 6.45) is 4.37. The van der Waals surface area contributed by atoms with Crippen LogP contribution in [0.5, 0.6) is 0 Å². The third-order valence-electron chi connectivity index (χ3n) is 1.28. The summed E-state index contributed by atoms with van der Waals surface area (Å²) in [5.41, 5.74) is 0. The monoisotopic (exact) mass is 173 g/mol. The molecule has 0 aromatic rings. The van der Waals surface area contributed by atoms with Crippen molar-refractivity contribution in [1.29, 1.82) is 0 Å². The zero-order valence-electron chi connectivity index (χ0n) is 6.99. The molecule has 0 aromatic carbocycles. The Balaban J connectivity index is 3.05. The molecule has 0 saturated heterocycles. The Bertz CT molecular complexity index is 145. The van der Waals surface area contributed by atoms with Gasteiger partial charge in [-0.2, -0.15) is 0 Å². The van der Waals surface area contributed by atoms with E-state index in [9.17, 15) is 4.79 Å². The number of hydrogen-bond donors (Lipinski definition) is 3. The summed E-state index contributed by atoms with van der Waals surface area (Å²) in [7, 11) is 0. The number of aliphatic hydroxyl groups is 1. The van der Waals surface area contributed by atoms with E-state index in [-0.39, 0.29) is 6.61 Å². The lowest BCUT2D eigenvalue weighted by molar-refractivity contribution is -0.131. The smallest absolute Gasteiger partial charge is 0.328 e. The average molecular weight is 173 g/mol. The van der Waals surface area contributed by atoms with Crippen molar-refractivity contribution in [2.75, 3.05) is 19.7 Å². The van der Waals surface area contributed by atoms with Crippen molar-refractivity contribution in [3.05, 3.63) is 12.2 Å². The SMILES string of the molecule is O=C(O)/C=C/CNCCCCO. The van der Waals surface area contributed by atoms with Crippen molar-refractivity contribution in [1.82, 2.24) is 5.32 Å². The minimum absolute atomic E-state index is 0.215. The van der Waals surface area contributed by atoms with Gasteiger partial charge in [-0.3, -0.25) is 0 Å². The predicted molar refractivity (Wildman–Crippen MR) is 46.0 cm³/mol. The van der Waals surface area contributed by atoms with Gasteiger partial charge in [-0.05, 0) is 19.4 Å². The summed E-state index contributed by atoms with van der Waals surface area (Å²) in [6, 6.07) is 0. The van der Waals surface area contributed by atoms with Crippen LogP contribution in [0.15, 0.2) is 12.2 Å². The van der Waals surface area contributed by atoms with Gasteiger partial charge in [0.15, 0.2) is 0 Å². The first-order valence-corrected chi connectivity index (χ1v) is 3.98. The highest BCUT2D eigenvalue weighted by Gasteiger charge is 1.86. The number of aliphatic hydroxyl groups excluding tert-OH is 1. The molecule has 70 valence electrons. The maximum Gasteiger partial charge on any atom is 0.328 e. The van der Waals surface area contributed by atoms with E-state index in [0.717, 1.165) is 25.5 Å². The van der Waals surface area contributed by atoms with E-state index in [0.29, 0.717) is 6.54 Å². The summed E-state index contributed by atoms with van der Waals surface area (Å²) in [5.74, 6) is -0.924. The molecule has 4 nitrogen and oxygen atoms in total. The Hall–Kier alpha value is -0.870. The summed E-state index contributed by atoms with van der Waals surface area (Å²) in [6.45, 7) is 1.59. The average Bonchev–Trinajstić information content (AvgIpc) is 2.02. The van der Waals surface area contributed by atoms with Crippen LogP contribution in [-0.2, 0) is 4.79 Å². The lowest BCUT2D eigenvalue weighted by Gasteiger charge is -1.98. The van der Waals surface area contributed by atoms with Gasteiger partial charge in [-0.1, -0.05) is 6.08 Å². The Morgan fingerprint density at radius 1 is 1.42 bits per heavy atom. The Labute approximate surface area is 71.9 Å². The summed E-state index contributed by atoms with van der Waals surface area (Å²) in [4.78, 5) is 9.99. The second kappa shape index (κ2) is 8.23. The normalized spacial score (nSPS) is 10.8. The van der Waals surface area contributed by atoms with Crippen LogP contribution in [0.25, 0.3) is 0 Å². The van der Waals surface area contributed by atoms with E-state index in [1.165, 1.54) is 0 Å². The Kier molecular flexibility index (Phi) is 7.63. The van der Waals surface area contributed by atoms with Crippen molar-refractivity contribution in [2.45, 2.75) is 12.8 Å². The summed E-state index contributed by atoms with van der Waals surface area (Å²) >= 11 is 0. The Morgan fingerprint density at radius 3 is 2.75 bits per heavy atom. The molecule has 0 bridgehead atoms. The van der Waals surface area contributed by atoms with E-state index < -0.39 is 5.97 Å². The molecule has 0 heterocycles. The lowest BCUT2D eigenvalue weighted by Crippen LogP contribution is -2.15. The molecular weight excluding hydrogens is 158 g/mol. The van der Waals surface area contributed by atoms with E-state index in [2.05, 4.69) is 5.32 Å². The fourth-order valence-corrected chi connectivity index (χ4v) is 0.707. The van der Waals surface area contributed by atoms with Crippen LogP contribution < -0.4 is 5.32 Å². The Morgan fingerprint density at radius 2 is 2.17 bits per heavy atom. The molecule has 0 unspecified atom stereocenters. The third-order valence-corrected chi connectivity index (χ3v) is 1.28. The summed E-state index contributed by atoms with van der Waals surface area (Å²) < 4.78 is 0. The highest BCUT2D eigenvalue weighted by molar-refractivity contribution is 5.79. The van der Waals surface area contributed by atoms with Gasteiger partial charge >= 0.3 is 5.97 Å². The van der Waals surface area contributed by atoms with Gasteiger partial charge in [0.2, 0.25) is 0 Å². The topological polar surface area (TPSA) is 69.6 Å². The number of carbonyl (C=O) groups is 1. The molecule has 4 heteroatoms. The third kappa shape index (κ3) is 9.13. The molecule has 3 N–H and O–H groups in total. The van der Waals surface area contributed by atoms with E-state index in [1.807, 2.05) is 0 Å². The van der Waals surface area contributed by atoms with Crippen molar-refractivity contribution in [3.63, 3.8) is 0 Å². The van der Waals surface area contributed by atoms with Crippen LogP contribution in [0.1, 0.15) is 12.8 Å². The van der Waals surface area contributed by atoms with E-state index >= 15 is 0 Å². The van der Waals surface area contributed by atoms with Crippen molar-refractivity contribution >= 4 is 5.97 Å². The molecular formula is C8H15NO3. The zero-order valence-corrected chi connectivity index (χ0v) is 6.99. The first-order valence-electron chi connectivity index (χ1n) is 3.98. The maximum absolute atomic E-state index is 9.99. The number of carboxylic acid groups (broad SMARTS) is 1. The number of rotatable bonds is 7. The maximum atomic E-state index is 9.99. The van der Waals surface area contributed by atoms with Crippen LogP contribution in [-0.4, -0.2) is 35.9 Å². The number of hydrogen-bond acceptors (Lipinski definition) is 3. The second-order valence-corrected chi connectivity index (χ2v) is 2.38. The first kappa shape index (κ1) is 11.1. The summed E-state index contributed by atoms with van der Waals surface area (Å²) in [5, 5.41) is 19.6. The van der Waals surface area contributed by atoms with Gasteiger partial charge in [-0.25, -0.2) is 4.79 Å². The van der Waals surface area contributed by atoms with Gasteiger partial charge in [0, 0.05) is 19.2 Å². The van der Waals surface area contributed by atoms with Gasteiger partial charge in [0.05, 0.1) is 0 Å². The standard InChI is InChI=1S/C8H15NO3/c10-7-2-1-5-9-6-3-4-8(11)12/h3-4,9-10H,1-2,5-7H2,(H,11,12)/b4-3+. The van der Waals surface area contributed by atoms with Crippen LogP contribution >= 0.6 is 0 Å². The molecule has 12 heavy (non-hydrogen) atoms. The molecule has 0 aliphatic heterocycles. The van der Waals surface area contributed by atoms with Crippen LogP contribution in [0.4, 0.5) is 0 Å². The molecule has 0 aliphatic carbocycles. The quantitative estimate of drug-likeness (QED) is 0.374. The van der Waals surface area contributed by atoms with E-state index in [1.54, 1.807) is 6.08 Å². The number of carboxylic acids is 1. The molecule has 0 saturated carbocycles. The fourth-order valence-electron chi connectivity index (χ4n) is 0.707. The van der Waals surface area contributed by atoms with Crippen LogP contribution in [0.3, 0.4) is 0 Å². The molecule has 0 atom stereocenters. The first-order chi connectivity index (χ1) is 5.77. The molecule has 0 fully saturated rings. The highest BCUT2D eigenvalue weighted by atomic mass is 16.4.